The van der Waals surface area contributed by atoms with Gasteiger partial charge in [-0.15, -0.1) is 0 Å². The largest absolute Gasteiger partial charge is 0.213 e. The zero-order chi connectivity index (χ0) is 19.3. The highest BCUT2D eigenvalue weighted by molar-refractivity contribution is 5.85. The third-order valence-corrected chi connectivity index (χ3v) is 5.91. The number of hydrogen-bond acceptors (Lipinski definition) is 0. The molecule has 3 aromatic rings. The van der Waals surface area contributed by atoms with E-state index in [0.29, 0.717) is 5.92 Å². The number of aromatic nitrogens is 1. The van der Waals surface area contributed by atoms with Crippen LogP contribution in [-0.4, -0.2) is 0 Å². The van der Waals surface area contributed by atoms with E-state index in [1.165, 1.54) is 55.8 Å². The van der Waals surface area contributed by atoms with Crippen molar-refractivity contribution in [2.45, 2.75) is 47.5 Å². The molecule has 1 heteroatoms. The highest BCUT2D eigenvalue weighted by Gasteiger charge is 2.27. The zero-order valence-corrected chi connectivity index (χ0v) is 17.5. The molecule has 1 aliphatic rings. The van der Waals surface area contributed by atoms with E-state index in [1.54, 1.807) is 0 Å². The van der Waals surface area contributed by atoms with Gasteiger partial charge >= 0.3 is 0 Å². The van der Waals surface area contributed by atoms with Gasteiger partial charge in [0.1, 0.15) is 7.05 Å². The lowest BCUT2D eigenvalue weighted by atomic mass is 9.92. The van der Waals surface area contributed by atoms with E-state index in [1.807, 2.05) is 0 Å². The number of nitrogens with zero attached hydrogens (tertiary/aromatic N) is 1. The second kappa shape index (κ2) is 6.64. The van der Waals surface area contributed by atoms with E-state index in [0.717, 1.165) is 12.8 Å². The van der Waals surface area contributed by atoms with Crippen LogP contribution in [0.3, 0.4) is 0 Å². The first-order chi connectivity index (χ1) is 12.8. The first-order valence-electron chi connectivity index (χ1n) is 10.1. The van der Waals surface area contributed by atoms with Crippen LogP contribution in [0.25, 0.3) is 22.4 Å². The Bertz CT molecular complexity index is 1040. The number of hydrogen-bond donors (Lipinski definition) is 0. The summed E-state index contributed by atoms with van der Waals surface area (Å²) in [4.78, 5) is 0. The molecule has 0 N–H and O–H groups in total. The Hall–Kier alpha value is -2.41. The van der Waals surface area contributed by atoms with Crippen LogP contribution in [0.4, 0.5) is 0 Å². The normalized spacial score (nSPS) is 12.4. The van der Waals surface area contributed by atoms with E-state index in [2.05, 4.69) is 88.8 Å². The summed E-state index contributed by atoms with van der Waals surface area (Å²) in [5, 5.41) is 0. The average Bonchev–Trinajstić information content (AvgIpc) is 2.95. The molecule has 0 saturated carbocycles. The standard InChI is InChI=1S/C26H30N/c1-16(2)11-21-15-27(6)25(13-19(21)5)26-18(4)8-10-23-22-9-7-17(3)12-20(22)14-24(23)26/h7-10,12-13,15-16H,11,14H2,1-6H3/q+1. The maximum absolute atomic E-state index is 2.40. The number of aryl methyl sites for hydroxylation is 4. The number of benzene rings is 2. The molecular weight excluding hydrogens is 326 g/mol. The van der Waals surface area contributed by atoms with Crippen LogP contribution in [0, 0.1) is 26.7 Å². The summed E-state index contributed by atoms with van der Waals surface area (Å²) in [6, 6.07) is 13.9. The lowest BCUT2D eigenvalue weighted by molar-refractivity contribution is -0.660. The van der Waals surface area contributed by atoms with Gasteiger partial charge in [0, 0.05) is 11.6 Å². The number of fused-ring (bicyclic) bond motifs is 3. The van der Waals surface area contributed by atoms with Crippen LogP contribution in [0.1, 0.15) is 47.2 Å². The van der Waals surface area contributed by atoms with E-state index in [9.17, 15) is 0 Å². The molecule has 0 atom stereocenters. The fourth-order valence-corrected chi connectivity index (χ4v) is 4.59. The smallest absolute Gasteiger partial charge is 0.201 e. The van der Waals surface area contributed by atoms with Crippen molar-refractivity contribution >= 4 is 0 Å². The maximum Gasteiger partial charge on any atom is 0.213 e. The summed E-state index contributed by atoms with van der Waals surface area (Å²) in [6.07, 6.45) is 4.52. The van der Waals surface area contributed by atoms with E-state index >= 15 is 0 Å². The van der Waals surface area contributed by atoms with Gasteiger partial charge in [0.25, 0.3) is 0 Å². The summed E-state index contributed by atoms with van der Waals surface area (Å²) in [7, 11) is 2.20. The lowest BCUT2D eigenvalue weighted by Crippen LogP contribution is -2.32. The van der Waals surface area contributed by atoms with Crippen molar-refractivity contribution in [1.29, 1.82) is 0 Å². The van der Waals surface area contributed by atoms with E-state index in [-0.39, 0.29) is 0 Å². The van der Waals surface area contributed by atoms with Crippen LogP contribution in [0.15, 0.2) is 42.6 Å². The van der Waals surface area contributed by atoms with Crippen LogP contribution in [0.2, 0.25) is 0 Å². The molecule has 0 amide bonds. The van der Waals surface area contributed by atoms with E-state index in [4.69, 9.17) is 0 Å². The van der Waals surface area contributed by atoms with Gasteiger partial charge in [-0.25, -0.2) is 4.57 Å². The molecule has 0 aliphatic heterocycles. The highest BCUT2D eigenvalue weighted by atomic mass is 14.9. The van der Waals surface area contributed by atoms with Gasteiger partial charge in [0.15, 0.2) is 6.20 Å². The average molecular weight is 357 g/mol. The Labute approximate surface area is 163 Å². The molecule has 0 saturated heterocycles. The zero-order valence-electron chi connectivity index (χ0n) is 17.5. The van der Waals surface area contributed by atoms with Crippen molar-refractivity contribution < 1.29 is 4.57 Å². The molecule has 1 aliphatic carbocycles. The molecule has 4 rings (SSSR count). The maximum atomic E-state index is 2.40. The van der Waals surface area contributed by atoms with Gasteiger partial charge in [-0.2, -0.15) is 0 Å². The quantitative estimate of drug-likeness (QED) is 0.404. The van der Waals surface area contributed by atoms with Gasteiger partial charge in [-0.05, 0) is 72.9 Å². The first-order valence-corrected chi connectivity index (χ1v) is 10.1. The minimum atomic E-state index is 0.676. The van der Waals surface area contributed by atoms with Crippen LogP contribution < -0.4 is 4.57 Å². The first kappa shape index (κ1) is 18.0. The van der Waals surface area contributed by atoms with Crippen molar-refractivity contribution in [2.75, 3.05) is 0 Å². The molecule has 0 radical (unpaired) electrons. The number of rotatable bonds is 3. The Kier molecular flexibility index (Phi) is 4.42. The SMILES string of the molecule is Cc1ccc2c(c1)Cc1c-2ccc(C)c1-c1cc(C)c(CC(C)C)c[n+]1C. The molecule has 0 bridgehead atoms. The Morgan fingerprint density at radius 2 is 1.67 bits per heavy atom. The highest BCUT2D eigenvalue weighted by Crippen LogP contribution is 2.42. The topological polar surface area (TPSA) is 3.88 Å². The summed E-state index contributed by atoms with van der Waals surface area (Å²) >= 11 is 0. The second-order valence-corrected chi connectivity index (χ2v) is 8.70. The molecule has 1 nitrogen and oxygen atoms in total. The third kappa shape index (κ3) is 3.10. The van der Waals surface area contributed by atoms with Gasteiger partial charge < -0.3 is 0 Å². The van der Waals surface area contributed by atoms with Crippen molar-refractivity contribution in [3.63, 3.8) is 0 Å². The van der Waals surface area contributed by atoms with Crippen LogP contribution in [-0.2, 0) is 19.9 Å². The molecule has 0 fully saturated rings. The van der Waals surface area contributed by atoms with Crippen molar-refractivity contribution in [1.82, 2.24) is 0 Å². The fraction of sp³-hybridized carbons (Fsp3) is 0.346. The van der Waals surface area contributed by atoms with Gasteiger partial charge in [-0.1, -0.05) is 49.7 Å². The molecule has 0 unspecified atom stereocenters. The molecule has 138 valence electrons. The van der Waals surface area contributed by atoms with Crippen molar-refractivity contribution in [2.24, 2.45) is 13.0 Å². The Morgan fingerprint density at radius 3 is 2.41 bits per heavy atom. The number of pyridine rings is 1. The predicted molar refractivity (Wildman–Crippen MR) is 114 cm³/mol. The molecule has 1 aromatic heterocycles. The van der Waals surface area contributed by atoms with Gasteiger partial charge in [0.05, 0.1) is 5.56 Å². The molecule has 1 heterocycles. The molecular formula is C26H30N+. The lowest BCUT2D eigenvalue weighted by Gasteiger charge is -2.14. The minimum absolute atomic E-state index is 0.676. The molecule has 2 aromatic carbocycles. The Balaban J connectivity index is 1.89. The van der Waals surface area contributed by atoms with Crippen LogP contribution >= 0.6 is 0 Å². The van der Waals surface area contributed by atoms with Crippen molar-refractivity contribution in [3.05, 3.63) is 76.0 Å². The summed E-state index contributed by atoms with van der Waals surface area (Å²) in [5.41, 5.74) is 14.1. The van der Waals surface area contributed by atoms with E-state index < -0.39 is 0 Å². The van der Waals surface area contributed by atoms with Gasteiger partial charge in [-0.3, -0.25) is 0 Å². The predicted octanol–water partition coefficient (Wildman–Crippen LogP) is 5.87. The van der Waals surface area contributed by atoms with Crippen molar-refractivity contribution in [3.8, 4) is 22.4 Å². The minimum Gasteiger partial charge on any atom is -0.201 e. The molecule has 27 heavy (non-hydrogen) atoms. The second-order valence-electron chi connectivity index (χ2n) is 8.70. The monoisotopic (exact) mass is 356 g/mol. The third-order valence-electron chi connectivity index (χ3n) is 5.91. The summed E-state index contributed by atoms with van der Waals surface area (Å²) < 4.78 is 2.33. The van der Waals surface area contributed by atoms with Gasteiger partial charge in [0.2, 0.25) is 5.69 Å². The van der Waals surface area contributed by atoms with Crippen LogP contribution in [0.5, 0.6) is 0 Å². The Morgan fingerprint density at radius 1 is 0.926 bits per heavy atom. The summed E-state index contributed by atoms with van der Waals surface area (Å²) in [6.45, 7) is 11.3. The fourth-order valence-electron chi connectivity index (χ4n) is 4.59. The molecule has 0 spiro atoms. The summed E-state index contributed by atoms with van der Waals surface area (Å²) in [5.74, 6) is 0.676.